The highest BCUT2D eigenvalue weighted by Gasteiger charge is 2.08. The van der Waals surface area contributed by atoms with Crippen LogP contribution >= 0.6 is 0 Å². The predicted molar refractivity (Wildman–Crippen MR) is 90.4 cm³/mol. The minimum atomic E-state index is -0.0576. The lowest BCUT2D eigenvalue weighted by atomic mass is 10.1. The second-order valence-corrected chi connectivity index (χ2v) is 5.37. The normalized spacial score (nSPS) is 12.4. The highest BCUT2D eigenvalue weighted by molar-refractivity contribution is 5.81. The molecule has 0 amide bonds. The lowest BCUT2D eigenvalue weighted by Gasteiger charge is -2.11. The molecule has 0 saturated heterocycles. The zero-order valence-electron chi connectivity index (χ0n) is 12.9. The van der Waals surface area contributed by atoms with Crippen LogP contribution in [-0.2, 0) is 16.1 Å². The van der Waals surface area contributed by atoms with E-state index in [1.165, 1.54) is 0 Å². The number of ether oxygens (including phenoxy) is 1. The molecule has 2 heteroatoms. The molecular weight excluding hydrogens is 272 g/mol. The minimum absolute atomic E-state index is 0.0576. The van der Waals surface area contributed by atoms with Gasteiger partial charge in [-0.1, -0.05) is 72.8 Å². The fourth-order valence-electron chi connectivity index (χ4n) is 2.17. The van der Waals surface area contributed by atoms with Gasteiger partial charge in [-0.2, -0.15) is 0 Å². The Hall–Kier alpha value is -2.19. The van der Waals surface area contributed by atoms with E-state index < -0.39 is 0 Å². The van der Waals surface area contributed by atoms with Gasteiger partial charge in [0.1, 0.15) is 5.78 Å². The molecular formula is C20H22O2. The molecule has 0 spiro atoms. The molecule has 2 aromatic rings. The van der Waals surface area contributed by atoms with Crippen LogP contribution < -0.4 is 0 Å². The van der Waals surface area contributed by atoms with Crippen molar-refractivity contribution >= 4 is 11.9 Å². The molecule has 0 aliphatic carbocycles. The standard InChI is InChI=1S/C20H22O2/c1-17(22-16-19-11-6-3-7-12-19)15-20(21)14-8-13-18-9-4-2-5-10-18/h2-13,17H,14-16H2,1H3/b13-8+. The molecule has 2 rings (SSSR count). The first kappa shape index (κ1) is 16.2. The summed E-state index contributed by atoms with van der Waals surface area (Å²) in [6, 6.07) is 20.0. The van der Waals surface area contributed by atoms with E-state index in [0.717, 1.165) is 11.1 Å². The van der Waals surface area contributed by atoms with Crippen molar-refractivity contribution in [3.05, 3.63) is 77.9 Å². The van der Waals surface area contributed by atoms with Gasteiger partial charge >= 0.3 is 0 Å². The zero-order chi connectivity index (χ0) is 15.6. The average molecular weight is 294 g/mol. The fourth-order valence-corrected chi connectivity index (χ4v) is 2.17. The van der Waals surface area contributed by atoms with E-state index in [1.807, 2.05) is 79.7 Å². The first-order chi connectivity index (χ1) is 10.7. The smallest absolute Gasteiger partial charge is 0.139 e. The quantitative estimate of drug-likeness (QED) is 0.708. The van der Waals surface area contributed by atoms with Crippen LogP contribution in [0.1, 0.15) is 30.9 Å². The Labute approximate surface area is 132 Å². The van der Waals surface area contributed by atoms with Crippen LogP contribution in [0.25, 0.3) is 6.08 Å². The van der Waals surface area contributed by atoms with E-state index in [4.69, 9.17) is 4.74 Å². The summed E-state index contributed by atoms with van der Waals surface area (Å²) in [6.45, 7) is 2.50. The maximum absolute atomic E-state index is 11.9. The van der Waals surface area contributed by atoms with Crippen molar-refractivity contribution in [1.82, 2.24) is 0 Å². The minimum Gasteiger partial charge on any atom is -0.373 e. The summed E-state index contributed by atoms with van der Waals surface area (Å²) >= 11 is 0. The van der Waals surface area contributed by atoms with Crippen molar-refractivity contribution in [1.29, 1.82) is 0 Å². The van der Waals surface area contributed by atoms with Gasteiger partial charge in [0.25, 0.3) is 0 Å². The van der Waals surface area contributed by atoms with Gasteiger partial charge < -0.3 is 4.74 Å². The summed E-state index contributed by atoms with van der Waals surface area (Å²) < 4.78 is 5.72. The summed E-state index contributed by atoms with van der Waals surface area (Å²) in [5, 5.41) is 0. The number of ketones is 1. The maximum atomic E-state index is 11.9. The number of carbonyl (C=O) groups is 1. The Balaban J connectivity index is 1.69. The van der Waals surface area contributed by atoms with Gasteiger partial charge in [-0.15, -0.1) is 0 Å². The highest BCUT2D eigenvalue weighted by atomic mass is 16.5. The summed E-state index contributed by atoms with van der Waals surface area (Å²) in [6.07, 6.45) is 4.74. The van der Waals surface area contributed by atoms with E-state index in [1.54, 1.807) is 0 Å². The van der Waals surface area contributed by atoms with Gasteiger partial charge in [0.05, 0.1) is 12.7 Å². The summed E-state index contributed by atoms with van der Waals surface area (Å²) in [7, 11) is 0. The Kier molecular flexibility index (Phi) is 6.59. The van der Waals surface area contributed by atoms with Gasteiger partial charge in [0, 0.05) is 12.8 Å². The monoisotopic (exact) mass is 294 g/mol. The van der Waals surface area contributed by atoms with Crippen LogP contribution in [0.5, 0.6) is 0 Å². The highest BCUT2D eigenvalue weighted by Crippen LogP contribution is 2.08. The van der Waals surface area contributed by atoms with Crippen molar-refractivity contribution < 1.29 is 9.53 Å². The molecule has 2 aromatic carbocycles. The van der Waals surface area contributed by atoms with Crippen molar-refractivity contribution in [3.63, 3.8) is 0 Å². The van der Waals surface area contributed by atoms with E-state index in [2.05, 4.69) is 0 Å². The molecule has 22 heavy (non-hydrogen) atoms. The molecule has 0 heterocycles. The molecule has 0 aliphatic heterocycles. The molecule has 1 unspecified atom stereocenters. The molecule has 0 bridgehead atoms. The Bertz CT molecular complexity index is 588. The van der Waals surface area contributed by atoms with Crippen molar-refractivity contribution in [3.8, 4) is 0 Å². The summed E-state index contributed by atoms with van der Waals surface area (Å²) in [5.74, 6) is 0.202. The third-order valence-corrected chi connectivity index (χ3v) is 3.35. The first-order valence-electron chi connectivity index (χ1n) is 7.63. The van der Waals surface area contributed by atoms with Crippen LogP contribution in [0.4, 0.5) is 0 Å². The van der Waals surface area contributed by atoms with Crippen molar-refractivity contribution in [2.24, 2.45) is 0 Å². The van der Waals surface area contributed by atoms with Crippen LogP contribution in [0.2, 0.25) is 0 Å². The topological polar surface area (TPSA) is 26.3 Å². The predicted octanol–water partition coefficient (Wildman–Crippen LogP) is 4.65. The Morgan fingerprint density at radius 3 is 2.36 bits per heavy atom. The van der Waals surface area contributed by atoms with Crippen LogP contribution in [0.15, 0.2) is 66.7 Å². The molecule has 0 fully saturated rings. The molecule has 0 N–H and O–H groups in total. The first-order valence-corrected chi connectivity index (χ1v) is 7.63. The van der Waals surface area contributed by atoms with E-state index in [9.17, 15) is 4.79 Å². The summed E-state index contributed by atoms with van der Waals surface area (Å²) in [5.41, 5.74) is 2.24. The second kappa shape index (κ2) is 8.96. The lowest BCUT2D eigenvalue weighted by Crippen LogP contribution is -2.13. The third kappa shape index (κ3) is 6.06. The van der Waals surface area contributed by atoms with Gasteiger partial charge in [0.2, 0.25) is 0 Å². The number of benzene rings is 2. The van der Waals surface area contributed by atoms with Gasteiger partial charge in [0.15, 0.2) is 0 Å². The van der Waals surface area contributed by atoms with Gasteiger partial charge in [-0.05, 0) is 18.1 Å². The second-order valence-electron chi connectivity index (χ2n) is 5.37. The number of hydrogen-bond acceptors (Lipinski definition) is 2. The zero-order valence-corrected chi connectivity index (χ0v) is 12.9. The van der Waals surface area contributed by atoms with Crippen molar-refractivity contribution in [2.45, 2.75) is 32.5 Å². The number of Topliss-reactive ketones (excluding diaryl/α,β-unsaturated/α-hetero) is 1. The SMILES string of the molecule is CC(CC(=O)C/C=C/c1ccccc1)OCc1ccccc1. The molecule has 114 valence electrons. The fraction of sp³-hybridized carbons (Fsp3) is 0.250. The molecule has 0 saturated carbocycles. The Morgan fingerprint density at radius 2 is 1.68 bits per heavy atom. The van der Waals surface area contributed by atoms with E-state index in [-0.39, 0.29) is 11.9 Å². The third-order valence-electron chi connectivity index (χ3n) is 3.35. The number of allylic oxidation sites excluding steroid dienone is 1. The summed E-state index contributed by atoms with van der Waals surface area (Å²) in [4.78, 5) is 11.9. The van der Waals surface area contributed by atoms with Gasteiger partial charge in [-0.25, -0.2) is 0 Å². The molecule has 0 radical (unpaired) electrons. The lowest BCUT2D eigenvalue weighted by molar-refractivity contribution is -0.121. The molecule has 0 aliphatic rings. The van der Waals surface area contributed by atoms with Crippen LogP contribution in [-0.4, -0.2) is 11.9 Å². The van der Waals surface area contributed by atoms with Crippen LogP contribution in [0, 0.1) is 0 Å². The van der Waals surface area contributed by atoms with E-state index >= 15 is 0 Å². The maximum Gasteiger partial charge on any atom is 0.139 e. The number of rotatable bonds is 8. The molecule has 2 nitrogen and oxygen atoms in total. The van der Waals surface area contributed by atoms with Crippen LogP contribution in [0.3, 0.4) is 0 Å². The molecule has 0 aromatic heterocycles. The number of hydrogen-bond donors (Lipinski definition) is 0. The van der Waals surface area contributed by atoms with Gasteiger partial charge in [-0.3, -0.25) is 4.79 Å². The Morgan fingerprint density at radius 1 is 1.05 bits per heavy atom. The number of carbonyl (C=O) groups excluding carboxylic acids is 1. The average Bonchev–Trinajstić information content (AvgIpc) is 2.55. The van der Waals surface area contributed by atoms with Crippen molar-refractivity contribution in [2.75, 3.05) is 0 Å². The largest absolute Gasteiger partial charge is 0.373 e. The molecule has 1 atom stereocenters. The van der Waals surface area contributed by atoms with E-state index in [0.29, 0.717) is 19.4 Å².